The van der Waals surface area contributed by atoms with Gasteiger partial charge in [0.2, 0.25) is 5.91 Å². The van der Waals surface area contributed by atoms with Gasteiger partial charge in [0.15, 0.2) is 40.4 Å². The number of aromatic hydroxyl groups is 1. The van der Waals surface area contributed by atoms with Gasteiger partial charge in [-0.2, -0.15) is 0 Å². The fraction of sp³-hybridized carbons (Fsp3) is 0.424. The normalized spacial score (nSPS) is 26.7. The number of amides is 3. The molecule has 0 saturated heterocycles. The number of aliphatic hydroxyl groups is 1. The number of fused-ring (bicyclic) bond motifs is 3. The number of hydrogen-bond donors (Lipinski definition) is 5. The summed E-state index contributed by atoms with van der Waals surface area (Å²) in [6.07, 6.45) is 0.0474. The predicted octanol–water partition coefficient (Wildman–Crippen LogP) is 0.457. The number of likely N-dealkylation sites (N-methyl/N-ethyl adjacent to an activating group) is 1. The SMILES string of the molecule is CC(=O)c1ccc(NC(=O)NCc2cc(N(C)C)c3c(c2O)C(=O)C2C(=O)[C@]4(O)C(=O)C(C(N)=O)C(=O)[C@@H](N(C)C)[C@@H]4C[C@@H]2C3)cc1. The molecule has 14 heteroatoms. The Balaban J connectivity index is 1.48. The molecular formula is C33H37N5O9. The zero-order valence-corrected chi connectivity index (χ0v) is 26.6. The van der Waals surface area contributed by atoms with Crippen molar-refractivity contribution in [2.75, 3.05) is 38.4 Å². The van der Waals surface area contributed by atoms with E-state index in [1.54, 1.807) is 49.3 Å². The second-order valence-electron chi connectivity index (χ2n) is 12.9. The van der Waals surface area contributed by atoms with Crippen LogP contribution in [0.5, 0.6) is 5.75 Å². The first-order valence-electron chi connectivity index (χ1n) is 15.1. The number of primary amides is 1. The average Bonchev–Trinajstić information content (AvgIpc) is 2.98. The summed E-state index contributed by atoms with van der Waals surface area (Å²) in [5.74, 6) is -11.5. The largest absolute Gasteiger partial charge is 0.507 e. The first-order valence-corrected chi connectivity index (χ1v) is 15.1. The van der Waals surface area contributed by atoms with Crippen molar-refractivity contribution in [2.45, 2.75) is 38.0 Å². The highest BCUT2D eigenvalue weighted by atomic mass is 16.3. The van der Waals surface area contributed by atoms with E-state index in [4.69, 9.17) is 5.73 Å². The molecule has 2 aromatic rings. The molecule has 0 heterocycles. The second kappa shape index (κ2) is 12.0. The molecule has 3 amide bonds. The van der Waals surface area contributed by atoms with Crippen LogP contribution in [0, 0.1) is 23.7 Å². The molecule has 0 bridgehead atoms. The topological polar surface area (TPSA) is 217 Å². The molecule has 0 aliphatic heterocycles. The third-order valence-corrected chi connectivity index (χ3v) is 9.59. The molecule has 0 spiro atoms. The Labute approximate surface area is 270 Å². The smallest absolute Gasteiger partial charge is 0.319 e. The number of nitrogens with zero attached hydrogens (tertiary/aromatic N) is 2. The summed E-state index contributed by atoms with van der Waals surface area (Å²) in [4.78, 5) is 94.6. The molecule has 14 nitrogen and oxygen atoms in total. The highest BCUT2D eigenvalue weighted by Gasteiger charge is 2.69. The highest BCUT2D eigenvalue weighted by molar-refractivity contribution is 6.32. The van der Waals surface area contributed by atoms with Gasteiger partial charge >= 0.3 is 6.03 Å². The van der Waals surface area contributed by atoms with Crippen molar-refractivity contribution in [3.63, 3.8) is 0 Å². The second-order valence-corrected chi connectivity index (χ2v) is 12.9. The standard InChI is InChI=1S/C33H37N5O9/c1-14(39)15-6-8-18(9-7-15)36-32(46)35-13-17-12-21(37(2)3)19-10-16-11-20-25(38(4)5)28(42)24(31(34)45)30(44)33(20,47)29(43)22(16)27(41)23(19)26(17)40/h6-9,12,16,20,22,24-25,40,47H,10-11,13H2,1-5H3,(H2,34,45)(H2,35,36,46)/t16-,20-,22?,24?,25-,33-/m0/s1. The molecule has 5 rings (SSSR count). The molecule has 248 valence electrons. The van der Waals surface area contributed by atoms with Gasteiger partial charge in [-0.15, -0.1) is 0 Å². The molecule has 0 aromatic heterocycles. The third kappa shape index (κ3) is 5.36. The quantitative estimate of drug-likeness (QED) is 0.205. The summed E-state index contributed by atoms with van der Waals surface area (Å²) in [5, 5.41) is 28.4. The number of phenolic OH excluding ortho intramolecular Hbond substituents is 1. The lowest BCUT2D eigenvalue weighted by Gasteiger charge is -2.52. The Morgan fingerprint density at radius 2 is 1.66 bits per heavy atom. The van der Waals surface area contributed by atoms with E-state index in [1.165, 1.54) is 25.9 Å². The van der Waals surface area contributed by atoms with Gasteiger partial charge in [0.1, 0.15) is 5.75 Å². The summed E-state index contributed by atoms with van der Waals surface area (Å²) in [5.41, 5.74) is 4.44. The Hall–Kier alpha value is -4.95. The molecule has 6 atom stereocenters. The molecule has 3 aliphatic rings. The van der Waals surface area contributed by atoms with Crippen LogP contribution in [0.25, 0.3) is 0 Å². The van der Waals surface area contributed by atoms with E-state index in [9.17, 15) is 43.8 Å². The number of nitrogens with two attached hydrogens (primary N) is 1. The van der Waals surface area contributed by atoms with Crippen molar-refractivity contribution >= 4 is 52.2 Å². The Morgan fingerprint density at radius 3 is 2.21 bits per heavy atom. The van der Waals surface area contributed by atoms with Crippen molar-refractivity contribution in [3.05, 3.63) is 52.6 Å². The summed E-state index contributed by atoms with van der Waals surface area (Å²) >= 11 is 0. The summed E-state index contributed by atoms with van der Waals surface area (Å²) in [7, 11) is 6.51. The summed E-state index contributed by atoms with van der Waals surface area (Å²) < 4.78 is 0. The maximum atomic E-state index is 14.2. The fourth-order valence-electron chi connectivity index (χ4n) is 7.38. The minimum absolute atomic E-state index is 0.0611. The number of anilines is 2. The number of rotatable bonds is 7. The summed E-state index contributed by atoms with van der Waals surface area (Å²) in [6, 6.07) is 6.05. The van der Waals surface area contributed by atoms with E-state index in [0.717, 1.165) is 0 Å². The lowest BCUT2D eigenvalue weighted by molar-refractivity contribution is -0.181. The fourth-order valence-corrected chi connectivity index (χ4v) is 7.38. The number of ketones is 5. The maximum Gasteiger partial charge on any atom is 0.319 e. The van der Waals surface area contributed by atoms with Crippen molar-refractivity contribution in [2.24, 2.45) is 29.4 Å². The number of carbonyl (C=O) groups is 7. The Kier molecular flexibility index (Phi) is 8.54. The lowest BCUT2D eigenvalue weighted by Crippen LogP contribution is -2.74. The van der Waals surface area contributed by atoms with Crippen LogP contribution in [0.2, 0.25) is 0 Å². The van der Waals surface area contributed by atoms with E-state index in [1.807, 2.05) is 0 Å². The Bertz CT molecular complexity index is 1730. The maximum absolute atomic E-state index is 14.2. The van der Waals surface area contributed by atoms with E-state index in [2.05, 4.69) is 10.6 Å². The molecule has 47 heavy (non-hydrogen) atoms. The molecule has 2 unspecified atom stereocenters. The van der Waals surface area contributed by atoms with Gasteiger partial charge < -0.3 is 31.5 Å². The first kappa shape index (κ1) is 33.4. The van der Waals surface area contributed by atoms with Crippen molar-refractivity contribution < 1.29 is 43.8 Å². The molecule has 2 saturated carbocycles. The van der Waals surface area contributed by atoms with Gasteiger partial charge in [-0.25, -0.2) is 4.79 Å². The Morgan fingerprint density at radius 1 is 1.02 bits per heavy atom. The zero-order chi connectivity index (χ0) is 34.7. The van der Waals surface area contributed by atoms with Gasteiger partial charge in [0.25, 0.3) is 0 Å². The minimum atomic E-state index is -2.82. The van der Waals surface area contributed by atoms with Crippen molar-refractivity contribution in [3.8, 4) is 5.75 Å². The van der Waals surface area contributed by atoms with Crippen LogP contribution in [-0.4, -0.2) is 95.8 Å². The van der Waals surface area contributed by atoms with Gasteiger partial charge in [-0.05, 0) is 75.7 Å². The van der Waals surface area contributed by atoms with E-state index in [0.29, 0.717) is 22.5 Å². The molecule has 6 N–H and O–H groups in total. The van der Waals surface area contributed by atoms with Crippen LogP contribution >= 0.6 is 0 Å². The van der Waals surface area contributed by atoms with Crippen LogP contribution < -0.4 is 21.3 Å². The van der Waals surface area contributed by atoms with Crippen LogP contribution in [0.1, 0.15) is 45.2 Å². The van der Waals surface area contributed by atoms with Gasteiger partial charge in [0, 0.05) is 49.1 Å². The monoisotopic (exact) mass is 647 g/mol. The van der Waals surface area contributed by atoms with E-state index >= 15 is 0 Å². The predicted molar refractivity (Wildman–Crippen MR) is 168 cm³/mol. The number of phenols is 1. The number of hydrogen-bond acceptors (Lipinski definition) is 11. The first-order chi connectivity index (χ1) is 22.0. The van der Waals surface area contributed by atoms with E-state index in [-0.39, 0.29) is 36.3 Å². The average molecular weight is 648 g/mol. The molecule has 0 radical (unpaired) electrons. The highest BCUT2D eigenvalue weighted by Crippen LogP contribution is 2.52. The zero-order valence-electron chi connectivity index (χ0n) is 26.6. The van der Waals surface area contributed by atoms with Crippen LogP contribution in [0.4, 0.5) is 16.2 Å². The van der Waals surface area contributed by atoms with Crippen molar-refractivity contribution in [1.82, 2.24) is 10.2 Å². The molecular weight excluding hydrogens is 610 g/mol. The number of urea groups is 1. The summed E-state index contributed by atoms with van der Waals surface area (Å²) in [6.45, 7) is 1.21. The van der Waals surface area contributed by atoms with Crippen LogP contribution in [0.15, 0.2) is 30.3 Å². The molecule has 3 aliphatic carbocycles. The number of carbonyl (C=O) groups excluding carboxylic acids is 7. The van der Waals surface area contributed by atoms with Gasteiger partial charge in [-0.3, -0.25) is 33.7 Å². The van der Waals surface area contributed by atoms with Crippen LogP contribution in [0.3, 0.4) is 0 Å². The number of benzene rings is 2. The minimum Gasteiger partial charge on any atom is -0.507 e. The number of nitrogens with one attached hydrogen (secondary N) is 2. The van der Waals surface area contributed by atoms with Gasteiger partial charge in [0.05, 0.1) is 17.5 Å². The molecule has 2 aromatic carbocycles. The van der Waals surface area contributed by atoms with Gasteiger partial charge in [-0.1, -0.05) is 0 Å². The third-order valence-electron chi connectivity index (χ3n) is 9.59. The lowest BCUT2D eigenvalue weighted by atomic mass is 9.52. The van der Waals surface area contributed by atoms with Crippen LogP contribution in [-0.2, 0) is 32.1 Å². The van der Waals surface area contributed by atoms with E-state index < -0.39 is 76.1 Å². The molecule has 2 fully saturated rings. The van der Waals surface area contributed by atoms with Crippen molar-refractivity contribution in [1.29, 1.82) is 0 Å². The number of Topliss-reactive ketones (excluding diaryl/α,β-unsaturated/α-hetero) is 5.